The highest BCUT2D eigenvalue weighted by Gasteiger charge is 2.32. The first-order valence-corrected chi connectivity index (χ1v) is 9.84. The van der Waals surface area contributed by atoms with Gasteiger partial charge in [-0.25, -0.2) is 4.98 Å². The van der Waals surface area contributed by atoms with Crippen LogP contribution in [0.5, 0.6) is 5.75 Å². The Morgan fingerprint density at radius 1 is 1.25 bits per heavy atom. The molecular weight excluding hydrogens is 392 g/mol. The molecule has 7 heteroatoms. The second kappa shape index (κ2) is 7.19. The van der Waals surface area contributed by atoms with Gasteiger partial charge >= 0.3 is 0 Å². The molecular formula is C21H17ClN4OS. The summed E-state index contributed by atoms with van der Waals surface area (Å²) in [5.41, 5.74) is 10.0. The van der Waals surface area contributed by atoms with Gasteiger partial charge in [0.2, 0.25) is 5.88 Å². The smallest absolute Gasteiger partial charge is 0.205 e. The minimum absolute atomic E-state index is 0.119. The summed E-state index contributed by atoms with van der Waals surface area (Å²) in [5, 5.41) is 13.2. The van der Waals surface area contributed by atoms with Gasteiger partial charge in [-0.15, -0.1) is 11.3 Å². The lowest BCUT2D eigenvalue weighted by Crippen LogP contribution is -2.21. The number of halogens is 1. The Morgan fingerprint density at radius 2 is 2.07 bits per heavy atom. The number of nitrogens with two attached hydrogens (primary N) is 1. The van der Waals surface area contributed by atoms with Crippen LogP contribution in [0.4, 0.5) is 5.69 Å². The van der Waals surface area contributed by atoms with Crippen LogP contribution in [-0.4, -0.2) is 19.1 Å². The van der Waals surface area contributed by atoms with Gasteiger partial charge in [-0.2, -0.15) is 5.26 Å². The van der Waals surface area contributed by atoms with Crippen LogP contribution in [0.2, 0.25) is 5.02 Å². The van der Waals surface area contributed by atoms with Gasteiger partial charge in [-0.1, -0.05) is 29.8 Å². The molecule has 0 amide bonds. The molecule has 0 radical (unpaired) electrons. The molecule has 1 unspecified atom stereocenters. The van der Waals surface area contributed by atoms with E-state index in [0.29, 0.717) is 16.3 Å². The quantitative estimate of drug-likeness (QED) is 0.676. The predicted octanol–water partition coefficient (Wildman–Crippen LogP) is 4.75. The fraction of sp³-hybridized carbons (Fsp3) is 0.143. The van der Waals surface area contributed by atoms with Gasteiger partial charge in [0, 0.05) is 47.4 Å². The van der Waals surface area contributed by atoms with Crippen molar-refractivity contribution in [3.63, 3.8) is 0 Å². The van der Waals surface area contributed by atoms with E-state index in [4.69, 9.17) is 27.1 Å². The Morgan fingerprint density at radius 3 is 2.79 bits per heavy atom. The standard InChI is InChI=1S/C21H17ClN4OS/c1-26(2)14-6-7-15-18(9-14)27-20(24)16(10-23)19(15)17-11-28-21(25-17)12-4-3-5-13(22)8-12/h3-9,11,19H,24H2,1-2H3. The van der Waals surface area contributed by atoms with E-state index in [9.17, 15) is 5.26 Å². The molecule has 0 saturated heterocycles. The number of thiazole rings is 1. The van der Waals surface area contributed by atoms with Crippen LogP contribution in [0.3, 0.4) is 0 Å². The summed E-state index contributed by atoms with van der Waals surface area (Å²) in [5.74, 6) is 0.396. The highest BCUT2D eigenvalue weighted by atomic mass is 35.5. The minimum atomic E-state index is -0.367. The molecule has 0 aliphatic carbocycles. The molecule has 2 aromatic carbocycles. The molecule has 0 fully saturated rings. The van der Waals surface area contributed by atoms with Crippen molar-refractivity contribution in [2.75, 3.05) is 19.0 Å². The fourth-order valence-corrected chi connectivity index (χ4v) is 4.23. The summed E-state index contributed by atoms with van der Waals surface area (Å²) in [7, 11) is 3.92. The normalized spacial score (nSPS) is 15.6. The maximum Gasteiger partial charge on any atom is 0.205 e. The van der Waals surface area contributed by atoms with Crippen LogP contribution < -0.4 is 15.4 Å². The second-order valence-corrected chi connectivity index (χ2v) is 7.92. The molecule has 1 atom stereocenters. The third-order valence-corrected chi connectivity index (χ3v) is 5.75. The second-order valence-electron chi connectivity index (χ2n) is 6.63. The van der Waals surface area contributed by atoms with Gasteiger partial charge < -0.3 is 15.4 Å². The zero-order chi connectivity index (χ0) is 19.8. The Hall–Kier alpha value is -3.01. The summed E-state index contributed by atoms with van der Waals surface area (Å²) in [6.07, 6.45) is 0. The molecule has 5 nitrogen and oxygen atoms in total. The molecule has 28 heavy (non-hydrogen) atoms. The SMILES string of the molecule is CN(C)c1ccc2c(c1)OC(N)=C(C#N)C2c1csc(-c2cccc(Cl)c2)n1. The number of aromatic nitrogens is 1. The zero-order valence-corrected chi connectivity index (χ0v) is 16.9. The molecule has 2 heterocycles. The molecule has 3 aromatic rings. The Labute approximate surface area is 172 Å². The maximum absolute atomic E-state index is 9.70. The third kappa shape index (κ3) is 3.19. The molecule has 1 aliphatic heterocycles. The topological polar surface area (TPSA) is 75.2 Å². The number of nitriles is 1. The zero-order valence-electron chi connectivity index (χ0n) is 15.3. The highest BCUT2D eigenvalue weighted by molar-refractivity contribution is 7.13. The molecule has 2 N–H and O–H groups in total. The molecule has 4 rings (SSSR count). The fourth-order valence-electron chi connectivity index (χ4n) is 3.20. The van der Waals surface area contributed by atoms with Crippen LogP contribution in [0, 0.1) is 11.3 Å². The van der Waals surface area contributed by atoms with E-state index in [2.05, 4.69) is 6.07 Å². The van der Waals surface area contributed by atoms with E-state index in [1.165, 1.54) is 11.3 Å². The van der Waals surface area contributed by atoms with Crippen LogP contribution in [0.1, 0.15) is 17.2 Å². The van der Waals surface area contributed by atoms with Crippen molar-refractivity contribution < 1.29 is 4.74 Å². The number of hydrogen-bond donors (Lipinski definition) is 1. The first-order chi connectivity index (χ1) is 13.5. The number of hydrogen-bond acceptors (Lipinski definition) is 6. The Bertz CT molecular complexity index is 1130. The van der Waals surface area contributed by atoms with Gasteiger partial charge in [0.05, 0.1) is 11.6 Å². The summed E-state index contributed by atoms with van der Waals surface area (Å²) >= 11 is 7.62. The number of anilines is 1. The highest BCUT2D eigenvalue weighted by Crippen LogP contribution is 2.44. The number of rotatable bonds is 3. The van der Waals surface area contributed by atoms with Crippen molar-refractivity contribution in [2.24, 2.45) is 5.73 Å². The van der Waals surface area contributed by atoms with E-state index >= 15 is 0 Å². The van der Waals surface area contributed by atoms with Crippen LogP contribution in [0.25, 0.3) is 10.6 Å². The van der Waals surface area contributed by atoms with Crippen molar-refractivity contribution in [3.05, 3.63) is 75.6 Å². The maximum atomic E-state index is 9.70. The number of benzene rings is 2. The Kier molecular flexibility index (Phi) is 4.71. The van der Waals surface area contributed by atoms with Crippen molar-refractivity contribution in [3.8, 4) is 22.4 Å². The van der Waals surface area contributed by atoms with Crippen LogP contribution in [0.15, 0.2) is 59.3 Å². The summed E-state index contributed by atoms with van der Waals surface area (Å²) in [4.78, 5) is 6.77. The summed E-state index contributed by atoms with van der Waals surface area (Å²) < 4.78 is 5.75. The van der Waals surface area contributed by atoms with Gasteiger partial charge in [-0.05, 0) is 18.2 Å². The molecule has 0 saturated carbocycles. The van der Waals surface area contributed by atoms with Crippen molar-refractivity contribution in [2.45, 2.75) is 5.92 Å². The number of allylic oxidation sites excluding steroid dienone is 1. The van der Waals surface area contributed by atoms with Crippen LogP contribution in [-0.2, 0) is 0 Å². The summed E-state index contributed by atoms with van der Waals surface area (Å²) in [6, 6.07) is 15.7. The first kappa shape index (κ1) is 18.4. The molecule has 1 aromatic heterocycles. The van der Waals surface area contributed by atoms with E-state index in [-0.39, 0.29) is 11.8 Å². The number of fused-ring (bicyclic) bond motifs is 1. The monoisotopic (exact) mass is 408 g/mol. The predicted molar refractivity (Wildman–Crippen MR) is 113 cm³/mol. The van der Waals surface area contributed by atoms with Gasteiger partial charge in [0.15, 0.2) is 0 Å². The van der Waals surface area contributed by atoms with E-state index in [1.807, 2.05) is 66.8 Å². The lowest BCUT2D eigenvalue weighted by atomic mass is 9.87. The van der Waals surface area contributed by atoms with Crippen molar-refractivity contribution in [1.82, 2.24) is 4.98 Å². The minimum Gasteiger partial charge on any atom is -0.440 e. The lowest BCUT2D eigenvalue weighted by Gasteiger charge is -2.26. The van der Waals surface area contributed by atoms with E-state index in [1.54, 1.807) is 0 Å². The van der Waals surface area contributed by atoms with Crippen molar-refractivity contribution >= 4 is 28.6 Å². The summed E-state index contributed by atoms with van der Waals surface area (Å²) in [6.45, 7) is 0. The third-order valence-electron chi connectivity index (χ3n) is 4.61. The number of ether oxygens (including phenoxy) is 1. The largest absolute Gasteiger partial charge is 0.440 e. The molecule has 0 spiro atoms. The lowest BCUT2D eigenvalue weighted by molar-refractivity contribution is 0.393. The first-order valence-electron chi connectivity index (χ1n) is 8.58. The molecule has 1 aliphatic rings. The van der Waals surface area contributed by atoms with Gasteiger partial charge in [0.1, 0.15) is 22.4 Å². The van der Waals surface area contributed by atoms with Gasteiger partial charge in [0.25, 0.3) is 0 Å². The van der Waals surface area contributed by atoms with E-state index in [0.717, 1.165) is 27.5 Å². The van der Waals surface area contributed by atoms with Crippen LogP contribution >= 0.6 is 22.9 Å². The molecule has 140 valence electrons. The Balaban J connectivity index is 1.82. The van der Waals surface area contributed by atoms with E-state index < -0.39 is 0 Å². The average Bonchev–Trinajstić information content (AvgIpc) is 3.16. The van der Waals surface area contributed by atoms with Gasteiger partial charge in [-0.3, -0.25) is 0 Å². The average molecular weight is 409 g/mol. The van der Waals surface area contributed by atoms with Crippen molar-refractivity contribution in [1.29, 1.82) is 5.26 Å². The number of nitrogens with zero attached hydrogens (tertiary/aromatic N) is 3. The molecule has 0 bridgehead atoms.